The second-order valence-electron chi connectivity index (χ2n) is 10.2. The van der Waals surface area contributed by atoms with Crippen molar-refractivity contribution in [1.29, 1.82) is 0 Å². The smallest absolute Gasteiger partial charge is 0.319 e. The van der Waals surface area contributed by atoms with Crippen LogP contribution in [0.15, 0.2) is 91.0 Å². The maximum Gasteiger partial charge on any atom is 0.319 e. The highest BCUT2D eigenvalue weighted by molar-refractivity contribution is 6.00. The molecule has 0 saturated carbocycles. The number of aromatic nitrogens is 1. The van der Waals surface area contributed by atoms with Gasteiger partial charge in [0, 0.05) is 23.7 Å². The van der Waals surface area contributed by atoms with Gasteiger partial charge in [-0.3, -0.25) is 4.98 Å². The molecule has 0 bridgehead atoms. The van der Waals surface area contributed by atoms with E-state index in [1.54, 1.807) is 0 Å². The van der Waals surface area contributed by atoms with Crippen LogP contribution in [0.4, 0.5) is 10.5 Å². The highest BCUT2D eigenvalue weighted by Gasteiger charge is 2.23. The third-order valence-corrected chi connectivity index (χ3v) is 7.31. The molecule has 1 fully saturated rings. The summed E-state index contributed by atoms with van der Waals surface area (Å²) in [7, 11) is 0. The molecule has 5 nitrogen and oxygen atoms in total. The van der Waals surface area contributed by atoms with Gasteiger partial charge < -0.3 is 15.5 Å². The van der Waals surface area contributed by atoms with Gasteiger partial charge in [-0.05, 0) is 74.9 Å². The molecule has 2 amide bonds. The number of fused-ring (bicyclic) bond motifs is 1. The van der Waals surface area contributed by atoms with Crippen LogP contribution in [-0.4, -0.2) is 41.6 Å². The maximum absolute atomic E-state index is 13.2. The van der Waals surface area contributed by atoms with Crippen LogP contribution in [0.5, 0.6) is 0 Å². The van der Waals surface area contributed by atoms with Gasteiger partial charge in [0.15, 0.2) is 0 Å². The van der Waals surface area contributed by atoms with Crippen molar-refractivity contribution in [3.8, 4) is 0 Å². The van der Waals surface area contributed by atoms with E-state index in [4.69, 9.17) is 0 Å². The number of likely N-dealkylation sites (tertiary alicyclic amines) is 1. The fourth-order valence-electron chi connectivity index (χ4n) is 5.45. The van der Waals surface area contributed by atoms with E-state index < -0.39 is 0 Å². The van der Waals surface area contributed by atoms with Gasteiger partial charge in [-0.1, -0.05) is 78.9 Å². The minimum Gasteiger partial charge on any atom is -0.334 e. The normalized spacial score (nSPS) is 15.4. The maximum atomic E-state index is 13.2. The zero-order valence-corrected chi connectivity index (χ0v) is 21.6. The second-order valence-corrected chi connectivity index (χ2v) is 10.2. The van der Waals surface area contributed by atoms with Crippen LogP contribution in [0.1, 0.15) is 29.7 Å². The monoisotopic (exact) mass is 492 g/mol. The van der Waals surface area contributed by atoms with E-state index in [9.17, 15) is 4.79 Å². The van der Waals surface area contributed by atoms with Gasteiger partial charge >= 0.3 is 6.03 Å². The van der Waals surface area contributed by atoms with Crippen LogP contribution < -0.4 is 10.6 Å². The summed E-state index contributed by atoms with van der Waals surface area (Å²) in [5.74, 6) is 0.727. The number of aryl methyl sites for hydroxylation is 1. The van der Waals surface area contributed by atoms with Crippen LogP contribution in [0.25, 0.3) is 10.9 Å². The Morgan fingerprint density at radius 1 is 0.919 bits per heavy atom. The van der Waals surface area contributed by atoms with E-state index in [1.807, 2.05) is 43.3 Å². The first kappa shape index (κ1) is 25.0. The molecule has 5 rings (SSSR count). The minimum atomic E-state index is -0.171. The Balaban J connectivity index is 1.23. The number of nitrogens with zero attached hydrogens (tertiary/aromatic N) is 2. The number of pyridine rings is 1. The fourth-order valence-corrected chi connectivity index (χ4v) is 5.45. The molecular weight excluding hydrogens is 456 g/mol. The van der Waals surface area contributed by atoms with Crippen molar-refractivity contribution in [3.05, 3.63) is 108 Å². The van der Waals surface area contributed by atoms with Crippen molar-refractivity contribution in [1.82, 2.24) is 15.2 Å². The Morgan fingerprint density at radius 2 is 1.57 bits per heavy atom. The molecule has 2 N–H and O–H groups in total. The van der Waals surface area contributed by atoms with Gasteiger partial charge in [0.05, 0.1) is 11.2 Å². The zero-order chi connectivity index (χ0) is 25.5. The van der Waals surface area contributed by atoms with E-state index in [-0.39, 0.29) is 12.1 Å². The lowest BCUT2D eigenvalue weighted by molar-refractivity contribution is 0.168. The zero-order valence-electron chi connectivity index (χ0n) is 21.6. The van der Waals surface area contributed by atoms with Gasteiger partial charge in [-0.25, -0.2) is 4.79 Å². The number of hydrogen-bond acceptors (Lipinski definition) is 3. The highest BCUT2D eigenvalue weighted by Crippen LogP contribution is 2.24. The van der Waals surface area contributed by atoms with Crippen molar-refractivity contribution < 1.29 is 4.79 Å². The predicted octanol–water partition coefficient (Wildman–Crippen LogP) is 6.23. The van der Waals surface area contributed by atoms with Crippen LogP contribution in [0, 0.1) is 12.8 Å². The minimum absolute atomic E-state index is 0.0160. The summed E-state index contributed by atoms with van der Waals surface area (Å²) in [5.41, 5.74) is 5.23. The number of hydrogen-bond donors (Lipinski definition) is 2. The lowest BCUT2D eigenvalue weighted by atomic mass is 9.90. The number of carbonyl (C=O) groups is 1. The van der Waals surface area contributed by atoms with Crippen molar-refractivity contribution in [2.24, 2.45) is 5.92 Å². The number of para-hydroxylation sites is 1. The topological polar surface area (TPSA) is 57.3 Å². The number of urea groups is 1. The fraction of sp³-hybridized carbons (Fsp3) is 0.312. The summed E-state index contributed by atoms with van der Waals surface area (Å²) in [6.45, 7) is 4.94. The van der Waals surface area contributed by atoms with Crippen LogP contribution in [0.2, 0.25) is 0 Å². The van der Waals surface area contributed by atoms with Crippen LogP contribution in [0.3, 0.4) is 0 Å². The second kappa shape index (κ2) is 12.0. The molecule has 0 unspecified atom stereocenters. The molecule has 4 aromatic rings. The highest BCUT2D eigenvalue weighted by atomic mass is 16.2. The molecule has 190 valence electrons. The summed E-state index contributed by atoms with van der Waals surface area (Å²) in [6, 6.07) is 30.9. The van der Waals surface area contributed by atoms with Gasteiger partial charge in [0.25, 0.3) is 0 Å². The predicted molar refractivity (Wildman–Crippen MR) is 152 cm³/mol. The first-order chi connectivity index (χ1) is 18.1. The SMILES string of the molecule is Cc1cc(NC(=O)N[C@@H](Cc2ccccc2)CN2CCC(Cc3ccccc3)CC2)c2ccccc2n1. The lowest BCUT2D eigenvalue weighted by Gasteiger charge is -2.34. The quantitative estimate of drug-likeness (QED) is 0.307. The van der Waals surface area contributed by atoms with E-state index in [1.165, 1.54) is 24.0 Å². The standard InChI is InChI=1S/C32H36N4O/c1-24-20-31(29-14-8-9-15-30(29)33-24)35-32(37)34-28(22-26-12-6-3-7-13-26)23-36-18-16-27(17-19-36)21-25-10-4-2-5-11-25/h2-15,20,27-28H,16-19,21-23H2,1H3,(H2,33,34,35,37)/t28-/m0/s1. The molecule has 1 saturated heterocycles. The van der Waals surface area contributed by atoms with E-state index >= 15 is 0 Å². The Morgan fingerprint density at radius 3 is 2.30 bits per heavy atom. The summed E-state index contributed by atoms with van der Waals surface area (Å²) in [5, 5.41) is 7.34. The average Bonchev–Trinajstić information content (AvgIpc) is 2.91. The summed E-state index contributed by atoms with van der Waals surface area (Å²) in [4.78, 5) is 20.3. The largest absolute Gasteiger partial charge is 0.334 e. The molecule has 0 radical (unpaired) electrons. The van der Waals surface area contributed by atoms with E-state index in [0.29, 0.717) is 0 Å². The number of benzene rings is 3. The Kier molecular flexibility index (Phi) is 8.11. The molecule has 2 heterocycles. The van der Waals surface area contributed by atoms with Crippen molar-refractivity contribution in [2.75, 3.05) is 25.0 Å². The number of anilines is 1. The number of piperidine rings is 1. The third-order valence-electron chi connectivity index (χ3n) is 7.31. The Labute approximate surface area is 219 Å². The average molecular weight is 493 g/mol. The number of nitrogens with one attached hydrogen (secondary N) is 2. The molecule has 3 aromatic carbocycles. The molecule has 1 atom stereocenters. The Bertz CT molecular complexity index is 1300. The summed E-state index contributed by atoms with van der Waals surface area (Å²) >= 11 is 0. The first-order valence-electron chi connectivity index (χ1n) is 13.4. The number of rotatable bonds is 8. The van der Waals surface area contributed by atoms with Gasteiger partial charge in [0.2, 0.25) is 0 Å². The number of carbonyl (C=O) groups excluding carboxylic acids is 1. The van der Waals surface area contributed by atoms with E-state index in [0.717, 1.165) is 60.7 Å². The van der Waals surface area contributed by atoms with E-state index in [2.05, 4.69) is 75.1 Å². The lowest BCUT2D eigenvalue weighted by Crippen LogP contribution is -2.48. The van der Waals surface area contributed by atoms with Crippen molar-refractivity contribution in [3.63, 3.8) is 0 Å². The molecule has 0 aliphatic carbocycles. The van der Waals surface area contributed by atoms with Crippen molar-refractivity contribution >= 4 is 22.6 Å². The molecule has 0 spiro atoms. The molecular formula is C32H36N4O. The van der Waals surface area contributed by atoms with Gasteiger partial charge in [0.1, 0.15) is 0 Å². The summed E-state index contributed by atoms with van der Waals surface area (Å²) < 4.78 is 0. The summed E-state index contributed by atoms with van der Waals surface area (Å²) in [6.07, 6.45) is 4.35. The van der Waals surface area contributed by atoms with Crippen LogP contribution >= 0.6 is 0 Å². The van der Waals surface area contributed by atoms with Crippen molar-refractivity contribution in [2.45, 2.75) is 38.6 Å². The molecule has 1 aliphatic heterocycles. The molecule has 5 heteroatoms. The number of amides is 2. The molecule has 1 aromatic heterocycles. The van der Waals surface area contributed by atoms with Gasteiger partial charge in [-0.15, -0.1) is 0 Å². The Hall–Kier alpha value is -3.70. The third kappa shape index (κ3) is 6.95. The van der Waals surface area contributed by atoms with Crippen LogP contribution in [-0.2, 0) is 12.8 Å². The van der Waals surface area contributed by atoms with Gasteiger partial charge in [-0.2, -0.15) is 0 Å². The first-order valence-corrected chi connectivity index (χ1v) is 13.4. The molecule has 1 aliphatic rings. The molecule has 37 heavy (non-hydrogen) atoms.